The van der Waals surface area contributed by atoms with Gasteiger partial charge in [-0.2, -0.15) is 0 Å². The molecule has 3 nitrogen and oxygen atoms in total. The van der Waals surface area contributed by atoms with Crippen LogP contribution in [0.4, 0.5) is 0 Å². The van der Waals surface area contributed by atoms with Gasteiger partial charge in [0.2, 0.25) is 0 Å². The van der Waals surface area contributed by atoms with Crippen molar-refractivity contribution in [3.05, 3.63) is 62.5 Å². The highest BCUT2D eigenvalue weighted by atomic mass is 79.9. The summed E-state index contributed by atoms with van der Waals surface area (Å²) in [7, 11) is 1.62. The first-order valence-corrected chi connectivity index (χ1v) is 7.92. The van der Waals surface area contributed by atoms with Gasteiger partial charge >= 0.3 is 0 Å². The summed E-state index contributed by atoms with van der Waals surface area (Å²) in [5, 5.41) is 0. The molecule has 0 saturated heterocycles. The predicted molar refractivity (Wildman–Crippen MR) is 89.1 cm³/mol. The van der Waals surface area contributed by atoms with E-state index < -0.39 is 0 Å². The highest BCUT2D eigenvalue weighted by molar-refractivity contribution is 9.10. The van der Waals surface area contributed by atoms with E-state index in [2.05, 4.69) is 31.9 Å². The first kappa shape index (κ1) is 16.2. The first-order chi connectivity index (χ1) is 10.1. The van der Waals surface area contributed by atoms with Crippen LogP contribution in [0.5, 0.6) is 5.75 Å². The molecule has 0 heterocycles. The Kier molecular flexibility index (Phi) is 5.96. The molecule has 0 amide bonds. The molecule has 5 heteroatoms. The minimum absolute atomic E-state index is 0.0216. The van der Waals surface area contributed by atoms with Crippen LogP contribution in [0.25, 0.3) is 0 Å². The van der Waals surface area contributed by atoms with E-state index in [4.69, 9.17) is 9.47 Å². The molecular weight excluding hydrogens is 400 g/mol. The van der Waals surface area contributed by atoms with E-state index in [1.165, 1.54) is 0 Å². The summed E-state index contributed by atoms with van der Waals surface area (Å²) in [5.74, 6) is 0.672. The number of rotatable bonds is 6. The fraction of sp³-hybridized carbons (Fsp3) is 0.188. The zero-order chi connectivity index (χ0) is 15.2. The number of benzene rings is 2. The zero-order valence-electron chi connectivity index (χ0n) is 11.4. The fourth-order valence-corrected chi connectivity index (χ4v) is 2.52. The molecule has 0 atom stereocenters. The van der Waals surface area contributed by atoms with Gasteiger partial charge in [-0.3, -0.25) is 4.79 Å². The van der Waals surface area contributed by atoms with Gasteiger partial charge in [0, 0.05) is 22.7 Å². The van der Waals surface area contributed by atoms with Gasteiger partial charge in [-0.15, -0.1) is 0 Å². The monoisotopic (exact) mass is 412 g/mol. The van der Waals surface area contributed by atoms with Crippen molar-refractivity contribution in [2.45, 2.75) is 0 Å². The van der Waals surface area contributed by atoms with Crippen LogP contribution in [-0.2, 0) is 4.74 Å². The molecule has 0 radical (unpaired) electrons. The average molecular weight is 414 g/mol. The summed E-state index contributed by atoms with van der Waals surface area (Å²) in [4.78, 5) is 12.4. The largest absolute Gasteiger partial charge is 0.490 e. The summed E-state index contributed by atoms with van der Waals surface area (Å²) in [6.07, 6.45) is 0. The Morgan fingerprint density at radius 2 is 1.67 bits per heavy atom. The number of hydrogen-bond donors (Lipinski definition) is 0. The van der Waals surface area contributed by atoms with Crippen LogP contribution >= 0.6 is 31.9 Å². The number of methoxy groups -OCH3 is 1. The van der Waals surface area contributed by atoms with Crippen LogP contribution in [0, 0.1) is 0 Å². The fourth-order valence-electron chi connectivity index (χ4n) is 1.76. The molecule has 0 aliphatic carbocycles. The van der Waals surface area contributed by atoms with Crippen LogP contribution in [-0.4, -0.2) is 26.1 Å². The minimum Gasteiger partial charge on any atom is -0.490 e. The van der Waals surface area contributed by atoms with Crippen molar-refractivity contribution in [3.63, 3.8) is 0 Å². The van der Waals surface area contributed by atoms with Gasteiger partial charge in [0.25, 0.3) is 0 Å². The molecule has 0 bridgehead atoms. The first-order valence-electron chi connectivity index (χ1n) is 6.33. The normalized spacial score (nSPS) is 10.4. The van der Waals surface area contributed by atoms with Crippen LogP contribution in [0.3, 0.4) is 0 Å². The highest BCUT2D eigenvalue weighted by Crippen LogP contribution is 2.27. The minimum atomic E-state index is -0.0216. The Hall–Kier alpha value is -1.17. The molecular formula is C16H14Br2O3. The second kappa shape index (κ2) is 7.73. The standard InChI is InChI=1S/C16H14Br2O3/c1-20-8-9-21-15-7-4-12(10-14(15)18)16(19)11-2-5-13(17)6-3-11/h2-7,10H,8-9H2,1H3. The Morgan fingerprint density at radius 3 is 2.29 bits per heavy atom. The average Bonchev–Trinajstić information content (AvgIpc) is 2.49. The van der Waals surface area contributed by atoms with Gasteiger partial charge < -0.3 is 9.47 Å². The third kappa shape index (κ3) is 4.40. The van der Waals surface area contributed by atoms with E-state index in [1.54, 1.807) is 37.4 Å². The van der Waals surface area contributed by atoms with E-state index in [0.717, 1.165) is 8.95 Å². The van der Waals surface area contributed by atoms with Crippen LogP contribution in [0.15, 0.2) is 51.4 Å². The maximum Gasteiger partial charge on any atom is 0.193 e. The lowest BCUT2D eigenvalue weighted by Gasteiger charge is -2.09. The quantitative estimate of drug-likeness (QED) is 0.517. The molecule has 2 aromatic carbocycles. The number of halogens is 2. The number of carbonyl (C=O) groups excluding carboxylic acids is 1. The maximum absolute atomic E-state index is 12.4. The molecule has 0 aliphatic rings. The van der Waals surface area contributed by atoms with Crippen molar-refractivity contribution in [2.24, 2.45) is 0 Å². The number of hydrogen-bond acceptors (Lipinski definition) is 3. The van der Waals surface area contributed by atoms with Gasteiger partial charge in [0.1, 0.15) is 12.4 Å². The molecule has 0 N–H and O–H groups in total. The number of ketones is 1. The Morgan fingerprint density at radius 1 is 1.00 bits per heavy atom. The molecule has 0 spiro atoms. The van der Waals surface area contributed by atoms with Crippen molar-refractivity contribution in [2.75, 3.05) is 20.3 Å². The zero-order valence-corrected chi connectivity index (χ0v) is 14.6. The lowest BCUT2D eigenvalue weighted by Crippen LogP contribution is -2.06. The van der Waals surface area contributed by atoms with Gasteiger partial charge in [0.05, 0.1) is 11.1 Å². The molecule has 0 aliphatic heterocycles. The Labute approximate surface area is 140 Å². The van der Waals surface area contributed by atoms with Crippen molar-refractivity contribution in [1.29, 1.82) is 0 Å². The van der Waals surface area contributed by atoms with E-state index in [1.807, 2.05) is 12.1 Å². The lowest BCUT2D eigenvalue weighted by molar-refractivity contribution is 0.103. The number of carbonyl (C=O) groups is 1. The molecule has 0 aromatic heterocycles. The van der Waals surface area contributed by atoms with Gasteiger partial charge in [-0.1, -0.05) is 15.9 Å². The van der Waals surface area contributed by atoms with Crippen LogP contribution < -0.4 is 4.74 Å². The summed E-state index contributed by atoms with van der Waals surface area (Å²) in [6, 6.07) is 12.6. The number of ether oxygens (including phenoxy) is 2. The van der Waals surface area contributed by atoms with E-state index in [-0.39, 0.29) is 5.78 Å². The Balaban J connectivity index is 2.15. The highest BCUT2D eigenvalue weighted by Gasteiger charge is 2.11. The maximum atomic E-state index is 12.4. The van der Waals surface area contributed by atoms with E-state index >= 15 is 0 Å². The molecule has 2 aromatic rings. The van der Waals surface area contributed by atoms with Crippen molar-refractivity contribution < 1.29 is 14.3 Å². The molecule has 0 fully saturated rings. The molecule has 110 valence electrons. The predicted octanol–water partition coefficient (Wildman–Crippen LogP) is 4.47. The molecule has 2 rings (SSSR count). The van der Waals surface area contributed by atoms with Crippen LogP contribution in [0.1, 0.15) is 15.9 Å². The summed E-state index contributed by atoms with van der Waals surface area (Å²) >= 11 is 6.78. The van der Waals surface area contributed by atoms with E-state index in [0.29, 0.717) is 30.1 Å². The molecule has 0 unspecified atom stereocenters. The summed E-state index contributed by atoms with van der Waals surface area (Å²) < 4.78 is 12.2. The third-order valence-corrected chi connectivity index (χ3v) is 3.99. The van der Waals surface area contributed by atoms with Crippen molar-refractivity contribution in [1.82, 2.24) is 0 Å². The van der Waals surface area contributed by atoms with Gasteiger partial charge in [-0.05, 0) is 58.4 Å². The van der Waals surface area contributed by atoms with Gasteiger partial charge in [-0.25, -0.2) is 0 Å². The molecule has 0 saturated carbocycles. The third-order valence-electron chi connectivity index (χ3n) is 2.85. The lowest BCUT2D eigenvalue weighted by atomic mass is 10.0. The smallest absolute Gasteiger partial charge is 0.193 e. The topological polar surface area (TPSA) is 35.5 Å². The van der Waals surface area contributed by atoms with Crippen LogP contribution in [0.2, 0.25) is 0 Å². The Bertz CT molecular complexity index is 624. The summed E-state index contributed by atoms with van der Waals surface area (Å²) in [5.41, 5.74) is 1.27. The summed E-state index contributed by atoms with van der Waals surface area (Å²) in [6.45, 7) is 0.987. The second-order valence-corrected chi connectivity index (χ2v) is 6.09. The van der Waals surface area contributed by atoms with Crippen molar-refractivity contribution in [3.8, 4) is 5.75 Å². The second-order valence-electron chi connectivity index (χ2n) is 4.32. The van der Waals surface area contributed by atoms with Crippen molar-refractivity contribution >= 4 is 37.6 Å². The van der Waals surface area contributed by atoms with E-state index in [9.17, 15) is 4.79 Å². The molecule has 21 heavy (non-hydrogen) atoms. The van der Waals surface area contributed by atoms with Gasteiger partial charge in [0.15, 0.2) is 5.78 Å². The SMILES string of the molecule is COCCOc1ccc(C(=O)c2ccc(Br)cc2)cc1Br.